The summed E-state index contributed by atoms with van der Waals surface area (Å²) >= 11 is 0. The van der Waals surface area contributed by atoms with Crippen LogP contribution in [0.2, 0.25) is 0 Å². The number of hydrogen-bond donors (Lipinski definition) is 0. The Morgan fingerprint density at radius 1 is 0.920 bits per heavy atom. The summed E-state index contributed by atoms with van der Waals surface area (Å²) in [4.78, 5) is 23.5. The minimum absolute atomic E-state index is 0.0392. The van der Waals surface area contributed by atoms with Crippen LogP contribution in [0.15, 0.2) is 0 Å². The van der Waals surface area contributed by atoms with Gasteiger partial charge in [-0.3, -0.25) is 9.59 Å². The third-order valence-electron chi connectivity index (χ3n) is 7.16. The van der Waals surface area contributed by atoms with Gasteiger partial charge in [0.25, 0.3) is 0 Å². The molecule has 138 valence electrons. The van der Waals surface area contributed by atoms with E-state index in [1.807, 2.05) is 0 Å². The van der Waals surface area contributed by atoms with Crippen LogP contribution in [-0.2, 0) is 28.5 Å². The molecule has 25 heavy (non-hydrogen) atoms. The Morgan fingerprint density at radius 2 is 1.60 bits per heavy atom. The molecule has 1 saturated carbocycles. The number of carbonyl (C=O) groups is 2. The lowest BCUT2D eigenvalue weighted by molar-refractivity contribution is -0.154. The van der Waals surface area contributed by atoms with Gasteiger partial charge in [0.15, 0.2) is 0 Å². The molecule has 5 rings (SSSR count). The lowest BCUT2D eigenvalue weighted by atomic mass is 9.73. The van der Waals surface area contributed by atoms with Gasteiger partial charge in [0.2, 0.25) is 0 Å². The first-order valence-corrected chi connectivity index (χ1v) is 9.51. The molecule has 6 nitrogen and oxygen atoms in total. The van der Waals surface area contributed by atoms with Gasteiger partial charge in [-0.25, -0.2) is 0 Å². The van der Waals surface area contributed by atoms with Crippen molar-refractivity contribution in [2.75, 3.05) is 0 Å². The zero-order valence-electron chi connectivity index (χ0n) is 15.1. The molecule has 7 atom stereocenters. The van der Waals surface area contributed by atoms with E-state index < -0.39 is 0 Å². The first-order chi connectivity index (χ1) is 11.7. The molecule has 4 heterocycles. The van der Waals surface area contributed by atoms with E-state index in [2.05, 4.69) is 20.8 Å². The normalized spacial score (nSPS) is 51.6. The lowest BCUT2D eigenvalue weighted by Crippen LogP contribution is -2.34. The van der Waals surface area contributed by atoms with Gasteiger partial charge in [0, 0.05) is 0 Å². The van der Waals surface area contributed by atoms with Gasteiger partial charge in [-0.05, 0) is 59.3 Å². The highest BCUT2D eigenvalue weighted by atomic mass is 16.6. The first-order valence-electron chi connectivity index (χ1n) is 9.51. The summed E-state index contributed by atoms with van der Waals surface area (Å²) < 4.78 is 22.4. The maximum Gasteiger partial charge on any atom is 0.317 e. The Kier molecular flexibility index (Phi) is 3.14. The Hall–Kier alpha value is -0.980. The van der Waals surface area contributed by atoms with Crippen LogP contribution < -0.4 is 0 Å². The van der Waals surface area contributed by atoms with Gasteiger partial charge in [-0.2, -0.15) is 0 Å². The number of ether oxygens (including phenoxy) is 4. The average molecular weight is 350 g/mol. The molecule has 1 aliphatic carbocycles. The molecule has 4 saturated heterocycles. The fourth-order valence-electron chi connectivity index (χ4n) is 5.09. The van der Waals surface area contributed by atoms with E-state index in [0.717, 1.165) is 25.7 Å². The smallest absolute Gasteiger partial charge is 0.317 e. The molecular formula is C19H26O6. The highest BCUT2D eigenvalue weighted by Crippen LogP contribution is 2.57. The number of rotatable bonds is 6. The van der Waals surface area contributed by atoms with Crippen molar-refractivity contribution in [2.45, 2.75) is 94.4 Å². The summed E-state index contributed by atoms with van der Waals surface area (Å²) in [5, 5.41) is 0. The summed E-state index contributed by atoms with van der Waals surface area (Å²) in [7, 11) is 0. The summed E-state index contributed by atoms with van der Waals surface area (Å²) in [6.07, 6.45) is 5.91. The van der Waals surface area contributed by atoms with Gasteiger partial charge >= 0.3 is 11.9 Å². The Balaban J connectivity index is 1.12. The van der Waals surface area contributed by atoms with E-state index in [1.54, 1.807) is 0 Å². The van der Waals surface area contributed by atoms with Crippen molar-refractivity contribution in [1.29, 1.82) is 0 Å². The van der Waals surface area contributed by atoms with Crippen LogP contribution in [0.25, 0.3) is 0 Å². The molecule has 5 aliphatic rings. The summed E-state index contributed by atoms with van der Waals surface area (Å²) in [5.41, 5.74) is -0.220. The summed E-state index contributed by atoms with van der Waals surface area (Å²) in [5.74, 6) is -1.30. The van der Waals surface area contributed by atoms with Crippen LogP contribution >= 0.6 is 0 Å². The molecule has 0 amide bonds. The molecule has 5 fully saturated rings. The average Bonchev–Trinajstić information content (AvgIpc) is 3.45. The molecule has 4 aliphatic heterocycles. The van der Waals surface area contributed by atoms with Gasteiger partial charge in [0.05, 0.1) is 47.0 Å². The van der Waals surface area contributed by atoms with E-state index in [-0.39, 0.29) is 52.8 Å². The number of carbonyl (C=O) groups excluding carboxylic acids is 2. The van der Waals surface area contributed by atoms with Crippen LogP contribution in [0.5, 0.6) is 0 Å². The quantitative estimate of drug-likeness (QED) is 0.415. The van der Waals surface area contributed by atoms with Crippen molar-refractivity contribution in [1.82, 2.24) is 0 Å². The van der Waals surface area contributed by atoms with Gasteiger partial charge in [-0.15, -0.1) is 0 Å². The molecule has 0 aromatic heterocycles. The minimum atomic E-state index is -0.359. The fraction of sp³-hybridized carbons (Fsp3) is 0.895. The summed E-state index contributed by atoms with van der Waals surface area (Å²) in [6, 6.07) is 0. The largest absolute Gasteiger partial charge is 0.393 e. The third-order valence-corrected chi connectivity index (χ3v) is 7.16. The standard InChI is InChI=1S/C19H26O6/c1-17(2)12(23-17)4-6-18(3)13(24-18)5-7-19-9-11-10(8-14(19)25-19)15(20)22-16(11)21/h10-14H,4-9H2,1-3H3. The summed E-state index contributed by atoms with van der Waals surface area (Å²) in [6.45, 7) is 6.44. The monoisotopic (exact) mass is 350 g/mol. The molecule has 0 bridgehead atoms. The predicted octanol–water partition coefficient (Wildman–Crippen LogP) is 2.13. The van der Waals surface area contributed by atoms with Crippen molar-refractivity contribution in [3.8, 4) is 0 Å². The van der Waals surface area contributed by atoms with Crippen LogP contribution in [0.3, 0.4) is 0 Å². The number of fused-ring (bicyclic) bond motifs is 2. The van der Waals surface area contributed by atoms with Gasteiger partial charge < -0.3 is 18.9 Å². The second kappa shape index (κ2) is 4.84. The van der Waals surface area contributed by atoms with E-state index in [0.29, 0.717) is 18.9 Å². The highest BCUT2D eigenvalue weighted by Gasteiger charge is 2.67. The molecule has 0 spiro atoms. The van der Waals surface area contributed by atoms with Crippen molar-refractivity contribution >= 4 is 11.9 Å². The maximum atomic E-state index is 11.9. The zero-order valence-corrected chi connectivity index (χ0v) is 15.1. The van der Waals surface area contributed by atoms with Crippen molar-refractivity contribution in [3.05, 3.63) is 0 Å². The second-order valence-electron chi connectivity index (χ2n) is 9.27. The second-order valence-corrected chi connectivity index (χ2v) is 9.27. The topological polar surface area (TPSA) is 81.0 Å². The molecule has 0 aromatic rings. The molecular weight excluding hydrogens is 324 g/mol. The molecule has 6 heteroatoms. The predicted molar refractivity (Wildman–Crippen MR) is 85.6 cm³/mol. The van der Waals surface area contributed by atoms with Crippen LogP contribution in [0, 0.1) is 11.8 Å². The number of epoxide rings is 3. The van der Waals surface area contributed by atoms with Crippen molar-refractivity contribution < 1.29 is 28.5 Å². The maximum absolute atomic E-state index is 11.9. The van der Waals surface area contributed by atoms with E-state index in [9.17, 15) is 9.59 Å². The molecule has 0 N–H and O–H groups in total. The first kappa shape index (κ1) is 16.2. The SMILES string of the molecule is CC1(C)OC1CCC1(C)OC1CCC12CC3C(=O)OC(=O)C3CC1O2. The minimum Gasteiger partial charge on any atom is -0.393 e. The van der Waals surface area contributed by atoms with Gasteiger partial charge in [-0.1, -0.05) is 0 Å². The Labute approximate surface area is 147 Å². The van der Waals surface area contributed by atoms with Gasteiger partial charge in [0.1, 0.15) is 0 Å². The number of hydrogen-bond acceptors (Lipinski definition) is 6. The third kappa shape index (κ3) is 2.56. The van der Waals surface area contributed by atoms with Crippen LogP contribution in [-0.4, -0.2) is 47.1 Å². The Morgan fingerprint density at radius 3 is 2.32 bits per heavy atom. The van der Waals surface area contributed by atoms with Crippen molar-refractivity contribution in [3.63, 3.8) is 0 Å². The van der Waals surface area contributed by atoms with Crippen LogP contribution in [0.1, 0.15) is 59.3 Å². The van der Waals surface area contributed by atoms with E-state index in [4.69, 9.17) is 18.9 Å². The van der Waals surface area contributed by atoms with Crippen molar-refractivity contribution in [2.24, 2.45) is 11.8 Å². The Bertz CT molecular complexity index is 644. The number of esters is 2. The highest BCUT2D eigenvalue weighted by molar-refractivity contribution is 5.96. The fourth-order valence-corrected chi connectivity index (χ4v) is 5.09. The lowest BCUT2D eigenvalue weighted by Gasteiger charge is -2.23. The molecule has 0 aromatic carbocycles. The van der Waals surface area contributed by atoms with E-state index in [1.165, 1.54) is 0 Å². The van der Waals surface area contributed by atoms with E-state index >= 15 is 0 Å². The zero-order chi connectivity index (χ0) is 17.6. The molecule has 0 radical (unpaired) electrons. The number of cyclic esters (lactones) is 2. The van der Waals surface area contributed by atoms with Crippen LogP contribution in [0.4, 0.5) is 0 Å². The molecule has 7 unspecified atom stereocenters.